The van der Waals surface area contributed by atoms with Gasteiger partial charge in [-0.25, -0.2) is 0 Å². The van der Waals surface area contributed by atoms with Gasteiger partial charge in [0.05, 0.1) is 50.2 Å². The summed E-state index contributed by atoms with van der Waals surface area (Å²) in [4.78, 5) is 4.94. The Morgan fingerprint density at radius 2 is 0.962 bits per heavy atom. The summed E-state index contributed by atoms with van der Waals surface area (Å²) in [6.07, 6.45) is 1.88. The van der Waals surface area contributed by atoms with Crippen LogP contribution in [0.2, 0.25) is 0 Å². The molecule has 7 aromatic carbocycles. The van der Waals surface area contributed by atoms with E-state index in [0.717, 1.165) is 72.2 Å². The second kappa shape index (κ2) is 11.3. The molecular weight excluding hydrogens is 647 g/mol. The monoisotopic (exact) mass is 675 g/mol. The van der Waals surface area contributed by atoms with Crippen molar-refractivity contribution in [3.8, 4) is 34.3 Å². The molecule has 0 aliphatic rings. The molecule has 0 spiro atoms. The minimum Gasteiger partial charge on any atom is -0.309 e. The zero-order chi connectivity index (χ0) is 35.0. The highest BCUT2D eigenvalue weighted by Gasteiger charge is 2.22. The molecule has 0 aliphatic carbocycles. The van der Waals surface area contributed by atoms with Crippen molar-refractivity contribution in [3.63, 3.8) is 0 Å². The van der Waals surface area contributed by atoms with Crippen LogP contribution >= 0.6 is 0 Å². The van der Waals surface area contributed by atoms with Crippen LogP contribution in [0, 0.1) is 11.3 Å². The van der Waals surface area contributed by atoms with E-state index in [0.29, 0.717) is 5.56 Å². The lowest BCUT2D eigenvalue weighted by Gasteiger charge is -2.14. The third kappa shape index (κ3) is 4.27. The van der Waals surface area contributed by atoms with Crippen LogP contribution in [0.5, 0.6) is 0 Å². The van der Waals surface area contributed by atoms with Crippen molar-refractivity contribution in [1.82, 2.24) is 18.7 Å². The lowest BCUT2D eigenvalue weighted by molar-refractivity contribution is 1.15. The number of pyridine rings is 1. The molecule has 0 unspecified atom stereocenters. The Morgan fingerprint density at radius 3 is 1.70 bits per heavy atom. The molecule has 0 atom stereocenters. The molecule has 4 heterocycles. The predicted molar refractivity (Wildman–Crippen MR) is 217 cm³/mol. The van der Waals surface area contributed by atoms with E-state index < -0.39 is 0 Å². The summed E-state index contributed by atoms with van der Waals surface area (Å²) in [7, 11) is 0. The van der Waals surface area contributed by atoms with Crippen molar-refractivity contribution < 1.29 is 0 Å². The SMILES string of the molecule is N#Cc1cc(-c2cccc(-n3c4cccnc4c4ccc5c6ccccc6n(-c6ccccc6)c5c43)c2)cc(-n2c3ccccc3c3ccccc32)c1. The summed E-state index contributed by atoms with van der Waals surface area (Å²) in [5.74, 6) is 0. The Balaban J connectivity index is 1.19. The Hall–Kier alpha value is -7.42. The van der Waals surface area contributed by atoms with Gasteiger partial charge >= 0.3 is 0 Å². The van der Waals surface area contributed by atoms with Crippen molar-refractivity contribution in [2.24, 2.45) is 0 Å². The van der Waals surface area contributed by atoms with E-state index in [-0.39, 0.29) is 0 Å². The third-order valence-electron chi connectivity index (χ3n) is 10.7. The zero-order valence-corrected chi connectivity index (χ0v) is 28.5. The first-order valence-electron chi connectivity index (χ1n) is 17.8. The molecule has 0 fully saturated rings. The minimum atomic E-state index is 0.611. The van der Waals surface area contributed by atoms with Gasteiger partial charge in [0.2, 0.25) is 0 Å². The highest BCUT2D eigenvalue weighted by Crippen LogP contribution is 2.42. The van der Waals surface area contributed by atoms with Crippen LogP contribution in [0.3, 0.4) is 0 Å². The molecule has 11 aromatic rings. The van der Waals surface area contributed by atoms with Crippen molar-refractivity contribution >= 4 is 65.5 Å². The summed E-state index contributed by atoms with van der Waals surface area (Å²) < 4.78 is 7.03. The topological polar surface area (TPSA) is 51.5 Å². The maximum Gasteiger partial charge on any atom is 0.0992 e. The zero-order valence-electron chi connectivity index (χ0n) is 28.5. The largest absolute Gasteiger partial charge is 0.309 e. The van der Waals surface area contributed by atoms with E-state index in [1.807, 2.05) is 24.4 Å². The first-order chi connectivity index (χ1) is 26.3. The van der Waals surface area contributed by atoms with E-state index in [1.165, 1.54) is 21.5 Å². The van der Waals surface area contributed by atoms with E-state index in [9.17, 15) is 5.26 Å². The fraction of sp³-hybridized carbons (Fsp3) is 0. The Bertz CT molecular complexity index is 3250. The number of aromatic nitrogens is 4. The molecule has 0 aliphatic heterocycles. The number of benzene rings is 7. The number of hydrogen-bond acceptors (Lipinski definition) is 2. The second-order valence-corrected chi connectivity index (χ2v) is 13.6. The van der Waals surface area contributed by atoms with Crippen LogP contribution in [-0.4, -0.2) is 18.7 Å². The normalized spacial score (nSPS) is 11.8. The van der Waals surface area contributed by atoms with Gasteiger partial charge in [0, 0.05) is 50.2 Å². The first-order valence-corrected chi connectivity index (χ1v) is 17.8. The van der Waals surface area contributed by atoms with Gasteiger partial charge in [0.15, 0.2) is 0 Å². The van der Waals surface area contributed by atoms with Crippen LogP contribution in [0.4, 0.5) is 0 Å². The molecule has 246 valence electrons. The summed E-state index contributed by atoms with van der Waals surface area (Å²) >= 11 is 0. The third-order valence-corrected chi connectivity index (χ3v) is 10.7. The van der Waals surface area contributed by atoms with Gasteiger partial charge in [-0.15, -0.1) is 0 Å². The number of nitriles is 1. The van der Waals surface area contributed by atoms with Crippen molar-refractivity contribution in [2.75, 3.05) is 0 Å². The molecule has 53 heavy (non-hydrogen) atoms. The van der Waals surface area contributed by atoms with E-state index >= 15 is 0 Å². The van der Waals surface area contributed by atoms with Gasteiger partial charge < -0.3 is 13.7 Å². The summed E-state index contributed by atoms with van der Waals surface area (Å²) in [6.45, 7) is 0. The Morgan fingerprint density at radius 1 is 0.396 bits per heavy atom. The molecule has 0 amide bonds. The summed E-state index contributed by atoms with van der Waals surface area (Å²) in [5.41, 5.74) is 13.3. The predicted octanol–water partition coefficient (Wildman–Crippen LogP) is 11.9. The summed E-state index contributed by atoms with van der Waals surface area (Å²) in [5, 5.41) is 16.2. The van der Waals surface area contributed by atoms with E-state index in [2.05, 4.69) is 171 Å². The lowest BCUT2D eigenvalue weighted by atomic mass is 10.0. The average molecular weight is 676 g/mol. The van der Waals surface area contributed by atoms with Gasteiger partial charge in [0.1, 0.15) is 0 Å². The van der Waals surface area contributed by atoms with Gasteiger partial charge in [-0.2, -0.15) is 5.26 Å². The second-order valence-electron chi connectivity index (χ2n) is 13.6. The van der Waals surface area contributed by atoms with E-state index in [1.54, 1.807) is 0 Å². The molecule has 0 saturated heterocycles. The standard InChI is InChI=1S/C48H29N5/c49-30-31-26-33(29-36(27-31)51-42-19-7-4-16-37(42)38-17-5-8-20-43(38)51)32-12-10-15-35(28-32)53-45-22-11-25-50-46(45)41-24-23-40-39-18-6-9-21-44(39)52(47(40)48(41)53)34-13-2-1-3-14-34/h1-29H. The van der Waals surface area contributed by atoms with Crippen LogP contribution in [0.15, 0.2) is 176 Å². The molecular formula is C48H29N5. The van der Waals surface area contributed by atoms with Gasteiger partial charge in [0.25, 0.3) is 0 Å². The molecule has 4 aromatic heterocycles. The first kappa shape index (κ1) is 29.3. The number of hydrogen-bond donors (Lipinski definition) is 0. The van der Waals surface area contributed by atoms with Crippen LogP contribution in [-0.2, 0) is 0 Å². The Labute approximate surface area is 304 Å². The van der Waals surface area contributed by atoms with Crippen molar-refractivity contribution in [1.29, 1.82) is 5.26 Å². The molecule has 5 nitrogen and oxygen atoms in total. The van der Waals surface area contributed by atoms with Crippen LogP contribution < -0.4 is 0 Å². The van der Waals surface area contributed by atoms with Crippen molar-refractivity contribution in [3.05, 3.63) is 182 Å². The number of para-hydroxylation sites is 4. The van der Waals surface area contributed by atoms with Gasteiger partial charge in [-0.1, -0.05) is 91.0 Å². The maximum absolute atomic E-state index is 10.3. The molecule has 0 saturated carbocycles. The molecule has 0 radical (unpaired) electrons. The fourth-order valence-electron chi connectivity index (χ4n) is 8.47. The van der Waals surface area contributed by atoms with Crippen molar-refractivity contribution in [2.45, 2.75) is 0 Å². The van der Waals surface area contributed by atoms with Gasteiger partial charge in [-0.3, -0.25) is 4.98 Å². The van der Waals surface area contributed by atoms with Crippen LogP contribution in [0.1, 0.15) is 5.56 Å². The minimum absolute atomic E-state index is 0.611. The fourth-order valence-corrected chi connectivity index (χ4v) is 8.47. The maximum atomic E-state index is 10.3. The average Bonchev–Trinajstić information content (AvgIpc) is 3.87. The van der Waals surface area contributed by atoms with E-state index in [4.69, 9.17) is 4.98 Å². The Kier molecular flexibility index (Phi) is 6.25. The molecule has 11 rings (SSSR count). The lowest BCUT2D eigenvalue weighted by Crippen LogP contribution is -1.99. The highest BCUT2D eigenvalue weighted by molar-refractivity contribution is 6.23. The smallest absolute Gasteiger partial charge is 0.0992 e. The quantitative estimate of drug-likeness (QED) is 0.186. The summed E-state index contributed by atoms with van der Waals surface area (Å²) in [6, 6.07) is 62.2. The molecule has 0 bridgehead atoms. The number of nitrogens with zero attached hydrogens (tertiary/aromatic N) is 5. The van der Waals surface area contributed by atoms with Gasteiger partial charge in [-0.05, 0) is 90.0 Å². The number of rotatable bonds is 4. The number of fused-ring (bicyclic) bond motifs is 10. The molecule has 5 heteroatoms. The van der Waals surface area contributed by atoms with Crippen LogP contribution in [0.25, 0.3) is 93.7 Å². The highest BCUT2D eigenvalue weighted by atomic mass is 15.1. The molecule has 0 N–H and O–H groups in total.